The lowest BCUT2D eigenvalue weighted by Crippen LogP contribution is -2.25. The van der Waals surface area contributed by atoms with Gasteiger partial charge in [-0.25, -0.2) is 4.79 Å². The van der Waals surface area contributed by atoms with E-state index in [2.05, 4.69) is 41.4 Å². The van der Waals surface area contributed by atoms with Crippen LogP contribution in [0.5, 0.6) is 0 Å². The Labute approximate surface area is 143 Å². The van der Waals surface area contributed by atoms with E-state index in [1.807, 2.05) is 29.2 Å². The van der Waals surface area contributed by atoms with Gasteiger partial charge in [-0.2, -0.15) is 4.68 Å². The zero-order chi connectivity index (χ0) is 16.7. The van der Waals surface area contributed by atoms with Crippen LogP contribution in [-0.4, -0.2) is 35.1 Å². The molecule has 9 nitrogen and oxygen atoms in total. The highest BCUT2D eigenvalue weighted by Gasteiger charge is 2.25. The first-order valence-corrected chi connectivity index (χ1v) is 8.00. The van der Waals surface area contributed by atoms with Gasteiger partial charge in [0.15, 0.2) is 5.82 Å². The number of hydrogen-bond donors (Lipinski definition) is 2. The van der Waals surface area contributed by atoms with Gasteiger partial charge in [0.05, 0.1) is 17.8 Å². The lowest BCUT2D eigenvalue weighted by atomic mass is 10.3. The van der Waals surface area contributed by atoms with Crippen LogP contribution in [0.1, 0.15) is 17.1 Å². The summed E-state index contributed by atoms with van der Waals surface area (Å²) in [5, 5.41) is 11.9. The Bertz CT molecular complexity index is 1020. The smallest absolute Gasteiger partial charge is 0.310 e. The highest BCUT2D eigenvalue weighted by atomic mass is 79.9. The summed E-state index contributed by atoms with van der Waals surface area (Å²) in [6.07, 6.45) is 0. The van der Waals surface area contributed by atoms with Gasteiger partial charge in [-0.05, 0) is 38.5 Å². The molecule has 2 aromatic heterocycles. The SMILES string of the molecule is O=c1[nH]c2c(c(=O)[nH]1)CN(Cc1nnnn1-c1ccccc1Br)C2. The molecule has 0 radical (unpaired) electrons. The Morgan fingerprint density at radius 1 is 1.17 bits per heavy atom. The Morgan fingerprint density at radius 3 is 2.83 bits per heavy atom. The highest BCUT2D eigenvalue weighted by molar-refractivity contribution is 9.10. The number of para-hydroxylation sites is 1. The third kappa shape index (κ3) is 2.59. The van der Waals surface area contributed by atoms with Crippen molar-refractivity contribution in [2.75, 3.05) is 0 Å². The highest BCUT2D eigenvalue weighted by Crippen LogP contribution is 2.22. The molecule has 2 N–H and O–H groups in total. The average molecular weight is 390 g/mol. The molecule has 3 aromatic rings. The van der Waals surface area contributed by atoms with Crippen molar-refractivity contribution in [3.8, 4) is 5.69 Å². The Hall–Kier alpha value is -2.59. The lowest BCUT2D eigenvalue weighted by Gasteiger charge is -2.14. The molecule has 10 heteroatoms. The van der Waals surface area contributed by atoms with Crippen LogP contribution < -0.4 is 11.2 Å². The molecule has 4 rings (SSSR count). The molecule has 24 heavy (non-hydrogen) atoms. The van der Waals surface area contributed by atoms with Gasteiger partial charge in [0.1, 0.15) is 0 Å². The van der Waals surface area contributed by atoms with Crippen LogP contribution in [0.2, 0.25) is 0 Å². The summed E-state index contributed by atoms with van der Waals surface area (Å²) < 4.78 is 2.53. The van der Waals surface area contributed by atoms with Gasteiger partial charge in [-0.1, -0.05) is 12.1 Å². The molecular formula is C14H12BrN7O2. The number of H-pyrrole nitrogens is 2. The van der Waals surface area contributed by atoms with Crippen LogP contribution in [-0.2, 0) is 19.6 Å². The quantitative estimate of drug-likeness (QED) is 0.666. The van der Waals surface area contributed by atoms with Crippen LogP contribution >= 0.6 is 15.9 Å². The fourth-order valence-corrected chi connectivity index (χ4v) is 3.24. The van der Waals surface area contributed by atoms with Gasteiger partial charge in [0.25, 0.3) is 5.56 Å². The summed E-state index contributed by atoms with van der Waals surface area (Å²) >= 11 is 3.49. The number of tetrazole rings is 1. The van der Waals surface area contributed by atoms with E-state index < -0.39 is 5.69 Å². The fourth-order valence-electron chi connectivity index (χ4n) is 2.79. The van der Waals surface area contributed by atoms with Crippen molar-refractivity contribution in [2.45, 2.75) is 19.6 Å². The summed E-state index contributed by atoms with van der Waals surface area (Å²) in [5.74, 6) is 0.647. The van der Waals surface area contributed by atoms with Crippen molar-refractivity contribution in [1.82, 2.24) is 35.1 Å². The van der Waals surface area contributed by atoms with E-state index in [1.54, 1.807) is 4.68 Å². The molecule has 0 aliphatic carbocycles. The normalized spacial score (nSPS) is 14.0. The number of rotatable bonds is 3. The average Bonchev–Trinajstić information content (AvgIpc) is 3.15. The van der Waals surface area contributed by atoms with E-state index >= 15 is 0 Å². The van der Waals surface area contributed by atoms with Gasteiger partial charge in [0, 0.05) is 23.3 Å². The minimum Gasteiger partial charge on any atom is -0.310 e. The molecule has 0 saturated carbocycles. The number of nitrogens with one attached hydrogen (secondary N) is 2. The van der Waals surface area contributed by atoms with Crippen LogP contribution in [0.3, 0.4) is 0 Å². The maximum atomic E-state index is 11.9. The van der Waals surface area contributed by atoms with Crippen molar-refractivity contribution in [2.24, 2.45) is 0 Å². The second-order valence-corrected chi connectivity index (χ2v) is 6.32. The fraction of sp³-hybridized carbons (Fsp3) is 0.214. The Kier molecular flexibility index (Phi) is 3.62. The van der Waals surface area contributed by atoms with Gasteiger partial charge < -0.3 is 4.98 Å². The third-order valence-corrected chi connectivity index (χ3v) is 4.54. The maximum absolute atomic E-state index is 11.9. The van der Waals surface area contributed by atoms with E-state index in [0.717, 1.165) is 10.2 Å². The predicted octanol–water partition coefficient (Wildman–Crippen LogP) is 0.317. The van der Waals surface area contributed by atoms with E-state index in [-0.39, 0.29) is 5.56 Å². The summed E-state index contributed by atoms with van der Waals surface area (Å²) in [7, 11) is 0. The zero-order valence-corrected chi connectivity index (χ0v) is 13.9. The van der Waals surface area contributed by atoms with Crippen molar-refractivity contribution in [3.63, 3.8) is 0 Å². The number of benzene rings is 1. The molecule has 0 atom stereocenters. The minimum absolute atomic E-state index is 0.346. The monoisotopic (exact) mass is 389 g/mol. The Balaban J connectivity index is 1.62. The maximum Gasteiger partial charge on any atom is 0.325 e. The van der Waals surface area contributed by atoms with Crippen molar-refractivity contribution in [3.05, 3.63) is 66.7 Å². The molecule has 0 bridgehead atoms. The number of fused-ring (bicyclic) bond motifs is 1. The number of hydrogen-bond acceptors (Lipinski definition) is 6. The summed E-state index contributed by atoms with van der Waals surface area (Å²) in [6.45, 7) is 1.35. The predicted molar refractivity (Wildman–Crippen MR) is 87.5 cm³/mol. The number of aromatic amines is 2. The van der Waals surface area contributed by atoms with Gasteiger partial charge in [-0.15, -0.1) is 5.10 Å². The van der Waals surface area contributed by atoms with E-state index in [4.69, 9.17) is 0 Å². The third-order valence-electron chi connectivity index (χ3n) is 3.87. The minimum atomic E-state index is -0.487. The molecule has 0 unspecified atom stereocenters. The van der Waals surface area contributed by atoms with E-state index in [0.29, 0.717) is 36.7 Å². The van der Waals surface area contributed by atoms with Crippen LogP contribution in [0.4, 0.5) is 0 Å². The van der Waals surface area contributed by atoms with Crippen molar-refractivity contribution in [1.29, 1.82) is 0 Å². The molecule has 1 aromatic carbocycles. The second kappa shape index (κ2) is 5.80. The molecule has 0 fully saturated rings. The molecule has 1 aliphatic rings. The summed E-state index contributed by atoms with van der Waals surface area (Å²) in [6, 6.07) is 7.64. The van der Waals surface area contributed by atoms with E-state index in [1.165, 1.54) is 0 Å². The first-order chi connectivity index (χ1) is 11.6. The van der Waals surface area contributed by atoms with Crippen molar-refractivity contribution >= 4 is 15.9 Å². The second-order valence-electron chi connectivity index (χ2n) is 5.47. The molecular weight excluding hydrogens is 378 g/mol. The lowest BCUT2D eigenvalue weighted by molar-refractivity contribution is 0.264. The number of aromatic nitrogens is 6. The van der Waals surface area contributed by atoms with E-state index in [9.17, 15) is 9.59 Å². The van der Waals surface area contributed by atoms with Crippen LogP contribution in [0.25, 0.3) is 5.69 Å². The zero-order valence-electron chi connectivity index (χ0n) is 12.4. The molecule has 0 spiro atoms. The first kappa shape index (κ1) is 15.0. The topological polar surface area (TPSA) is 113 Å². The molecule has 0 saturated heterocycles. The molecule has 0 amide bonds. The Morgan fingerprint density at radius 2 is 2.00 bits per heavy atom. The summed E-state index contributed by atoms with van der Waals surface area (Å²) in [5.41, 5.74) is 1.22. The van der Waals surface area contributed by atoms with Crippen molar-refractivity contribution < 1.29 is 0 Å². The van der Waals surface area contributed by atoms with Crippen LogP contribution in [0.15, 0.2) is 38.3 Å². The van der Waals surface area contributed by atoms with Gasteiger partial charge in [-0.3, -0.25) is 14.7 Å². The number of nitrogens with zero attached hydrogens (tertiary/aromatic N) is 5. The van der Waals surface area contributed by atoms with Gasteiger partial charge >= 0.3 is 5.69 Å². The molecule has 1 aliphatic heterocycles. The first-order valence-electron chi connectivity index (χ1n) is 7.20. The largest absolute Gasteiger partial charge is 0.325 e. The molecule has 3 heterocycles. The summed E-state index contributed by atoms with van der Waals surface area (Å²) in [4.78, 5) is 30.2. The van der Waals surface area contributed by atoms with Gasteiger partial charge in [0.2, 0.25) is 0 Å². The molecule has 122 valence electrons. The standard InChI is InChI=1S/C14H12BrN7O2/c15-9-3-1-2-4-11(9)22-12(18-19-20-22)7-21-5-8-10(6-21)16-14(24)17-13(8)23/h1-4H,5-7H2,(H2,16,17,23,24). The van der Waals surface area contributed by atoms with Crippen LogP contribution in [0, 0.1) is 0 Å². The number of halogens is 1.